The highest BCUT2D eigenvalue weighted by atomic mass is 16.5. The van der Waals surface area contributed by atoms with Gasteiger partial charge in [0.15, 0.2) is 0 Å². The summed E-state index contributed by atoms with van der Waals surface area (Å²) >= 11 is 0. The number of rotatable bonds is 7. The molecule has 152 valence electrons. The van der Waals surface area contributed by atoms with E-state index in [-0.39, 0.29) is 0 Å². The zero-order chi connectivity index (χ0) is 20.8. The van der Waals surface area contributed by atoms with Crippen molar-refractivity contribution in [3.63, 3.8) is 0 Å². The molecule has 0 amide bonds. The van der Waals surface area contributed by atoms with Crippen LogP contribution in [-0.2, 0) is 13.0 Å². The van der Waals surface area contributed by atoms with Gasteiger partial charge in [-0.05, 0) is 60.0 Å². The lowest BCUT2D eigenvalue weighted by atomic mass is 9.96. The van der Waals surface area contributed by atoms with Crippen molar-refractivity contribution < 1.29 is 14.2 Å². The summed E-state index contributed by atoms with van der Waals surface area (Å²) in [4.78, 5) is 4.72. The largest absolute Gasteiger partial charge is 0.497 e. The van der Waals surface area contributed by atoms with E-state index in [9.17, 15) is 0 Å². The molecule has 0 spiro atoms. The quantitative estimate of drug-likeness (QED) is 0.538. The minimum atomic E-state index is 0.567. The number of nitrogens with zero attached hydrogens (tertiary/aromatic N) is 1. The fourth-order valence-electron chi connectivity index (χ4n) is 3.51. The average Bonchev–Trinajstić information content (AvgIpc) is 2.81. The third kappa shape index (κ3) is 4.54. The van der Waals surface area contributed by atoms with Crippen molar-refractivity contribution in [2.24, 2.45) is 4.99 Å². The van der Waals surface area contributed by atoms with Gasteiger partial charge < -0.3 is 14.2 Å². The molecule has 3 aromatic carbocycles. The molecule has 0 aromatic heterocycles. The summed E-state index contributed by atoms with van der Waals surface area (Å²) in [5.74, 6) is 2.43. The molecule has 0 saturated carbocycles. The maximum atomic E-state index is 5.99. The first-order valence-electron chi connectivity index (χ1n) is 10.0. The number of allylic oxidation sites excluding steroid dienone is 1. The average molecular weight is 399 g/mol. The molecule has 0 unspecified atom stereocenters. The van der Waals surface area contributed by atoms with Crippen LogP contribution in [0.3, 0.4) is 0 Å². The Labute approximate surface area is 177 Å². The first-order chi connectivity index (χ1) is 14.8. The molecule has 30 heavy (non-hydrogen) atoms. The van der Waals surface area contributed by atoms with Crippen LogP contribution in [0.15, 0.2) is 77.8 Å². The van der Waals surface area contributed by atoms with Gasteiger partial charge in [-0.1, -0.05) is 30.3 Å². The molecule has 0 bridgehead atoms. The molecule has 0 saturated heterocycles. The summed E-state index contributed by atoms with van der Waals surface area (Å²) in [5.41, 5.74) is 5.53. The van der Waals surface area contributed by atoms with E-state index in [0.717, 1.165) is 52.6 Å². The molecule has 4 heteroatoms. The molecule has 0 fully saturated rings. The third-order valence-corrected chi connectivity index (χ3v) is 5.13. The van der Waals surface area contributed by atoms with Crippen molar-refractivity contribution in [2.45, 2.75) is 13.0 Å². The Morgan fingerprint density at radius 1 is 0.867 bits per heavy atom. The Balaban J connectivity index is 1.51. The number of fused-ring (bicyclic) bond motifs is 1. The molecule has 0 radical (unpaired) electrons. The second-order valence-electron chi connectivity index (χ2n) is 7.05. The van der Waals surface area contributed by atoms with Crippen LogP contribution in [0, 0.1) is 0 Å². The summed E-state index contributed by atoms with van der Waals surface area (Å²) in [6.07, 6.45) is 5.00. The van der Waals surface area contributed by atoms with E-state index in [1.807, 2.05) is 54.6 Å². The monoisotopic (exact) mass is 399 g/mol. The van der Waals surface area contributed by atoms with Gasteiger partial charge in [-0.2, -0.15) is 0 Å². The summed E-state index contributed by atoms with van der Waals surface area (Å²) < 4.78 is 16.7. The van der Waals surface area contributed by atoms with E-state index < -0.39 is 0 Å². The minimum absolute atomic E-state index is 0.567. The highest BCUT2D eigenvalue weighted by Gasteiger charge is 2.13. The molecule has 0 atom stereocenters. The van der Waals surface area contributed by atoms with Gasteiger partial charge in [-0.3, -0.25) is 4.99 Å². The Kier molecular flexibility index (Phi) is 6.14. The summed E-state index contributed by atoms with van der Waals surface area (Å²) in [6.45, 7) is 1.34. The number of ether oxygens (including phenoxy) is 3. The maximum Gasteiger partial charge on any atom is 0.129 e. The molecule has 0 aliphatic carbocycles. The smallest absolute Gasteiger partial charge is 0.129 e. The second kappa shape index (κ2) is 9.31. The fraction of sp³-hybridized carbons (Fsp3) is 0.192. The number of methoxy groups -OCH3 is 2. The van der Waals surface area contributed by atoms with Gasteiger partial charge in [0.05, 0.1) is 19.9 Å². The van der Waals surface area contributed by atoms with Crippen molar-refractivity contribution in [3.05, 3.63) is 95.1 Å². The molecule has 0 N–H and O–H groups in total. The van der Waals surface area contributed by atoms with Crippen molar-refractivity contribution in [2.75, 3.05) is 20.8 Å². The van der Waals surface area contributed by atoms with Gasteiger partial charge in [-0.15, -0.1) is 0 Å². The van der Waals surface area contributed by atoms with E-state index in [1.54, 1.807) is 14.2 Å². The molecule has 1 aliphatic rings. The Hall–Kier alpha value is -3.53. The molecular formula is C26H25NO3. The fourth-order valence-corrected chi connectivity index (χ4v) is 3.51. The normalized spacial score (nSPS) is 12.9. The molecule has 1 heterocycles. The van der Waals surface area contributed by atoms with E-state index in [4.69, 9.17) is 19.2 Å². The van der Waals surface area contributed by atoms with E-state index in [0.29, 0.717) is 6.61 Å². The highest BCUT2D eigenvalue weighted by Crippen LogP contribution is 2.27. The Morgan fingerprint density at radius 3 is 2.50 bits per heavy atom. The molecule has 3 aromatic rings. The van der Waals surface area contributed by atoms with Gasteiger partial charge in [0.25, 0.3) is 0 Å². The Bertz CT molecular complexity index is 1070. The topological polar surface area (TPSA) is 40.0 Å². The van der Waals surface area contributed by atoms with Crippen LogP contribution in [0.25, 0.3) is 6.08 Å². The van der Waals surface area contributed by atoms with Crippen LogP contribution < -0.4 is 14.2 Å². The maximum absolute atomic E-state index is 5.99. The van der Waals surface area contributed by atoms with Crippen molar-refractivity contribution in [1.82, 2.24) is 0 Å². The Morgan fingerprint density at radius 2 is 1.70 bits per heavy atom. The zero-order valence-electron chi connectivity index (χ0n) is 17.3. The summed E-state index contributed by atoms with van der Waals surface area (Å²) in [5, 5.41) is 0. The minimum Gasteiger partial charge on any atom is -0.497 e. The van der Waals surface area contributed by atoms with Crippen LogP contribution >= 0.6 is 0 Å². The van der Waals surface area contributed by atoms with Gasteiger partial charge in [0.1, 0.15) is 23.9 Å². The predicted octanol–water partition coefficient (Wildman–Crippen LogP) is 5.34. The zero-order valence-corrected chi connectivity index (χ0v) is 17.3. The van der Waals surface area contributed by atoms with Crippen molar-refractivity contribution in [3.8, 4) is 17.2 Å². The molecule has 4 nitrogen and oxygen atoms in total. The predicted molar refractivity (Wildman–Crippen MR) is 121 cm³/mol. The van der Waals surface area contributed by atoms with Crippen LogP contribution in [0.5, 0.6) is 17.2 Å². The van der Waals surface area contributed by atoms with E-state index in [1.165, 1.54) is 5.56 Å². The first kappa shape index (κ1) is 19.8. The number of benzene rings is 3. The number of hydrogen-bond donors (Lipinski definition) is 0. The number of aliphatic imine (C=N–C) groups is 1. The standard InChI is InChI=1S/C26H25NO3/c1-28-22-10-8-20(26(17-22)29-2)9-13-25-24-12-11-23(16-21(24)14-15-27-25)30-18-19-6-4-3-5-7-19/h3-13,16-17H,14-15,18H2,1-2H3/b13-9+. The summed E-state index contributed by atoms with van der Waals surface area (Å²) in [6, 6.07) is 22.3. The van der Waals surface area contributed by atoms with Crippen LogP contribution in [0.2, 0.25) is 0 Å². The van der Waals surface area contributed by atoms with Crippen molar-refractivity contribution >= 4 is 11.8 Å². The van der Waals surface area contributed by atoms with E-state index in [2.05, 4.69) is 24.3 Å². The van der Waals surface area contributed by atoms with Crippen LogP contribution in [0.4, 0.5) is 0 Å². The van der Waals surface area contributed by atoms with Crippen molar-refractivity contribution in [1.29, 1.82) is 0 Å². The molecule has 1 aliphatic heterocycles. The SMILES string of the molecule is COc1ccc(/C=C/C2=NCCc3cc(OCc4ccccc4)ccc32)c(OC)c1. The first-order valence-corrected chi connectivity index (χ1v) is 10.0. The number of hydrogen-bond acceptors (Lipinski definition) is 4. The molecular weight excluding hydrogens is 374 g/mol. The van der Waals surface area contributed by atoms with E-state index >= 15 is 0 Å². The van der Waals surface area contributed by atoms with Gasteiger partial charge in [0, 0.05) is 23.7 Å². The van der Waals surface area contributed by atoms with Crippen LogP contribution in [-0.4, -0.2) is 26.5 Å². The third-order valence-electron chi connectivity index (χ3n) is 5.13. The lowest BCUT2D eigenvalue weighted by Crippen LogP contribution is -2.11. The van der Waals surface area contributed by atoms with Gasteiger partial charge in [-0.25, -0.2) is 0 Å². The van der Waals surface area contributed by atoms with Gasteiger partial charge >= 0.3 is 0 Å². The molecule has 4 rings (SSSR count). The van der Waals surface area contributed by atoms with Gasteiger partial charge in [0.2, 0.25) is 0 Å². The highest BCUT2D eigenvalue weighted by molar-refractivity contribution is 6.12. The lowest BCUT2D eigenvalue weighted by molar-refractivity contribution is 0.306. The lowest BCUT2D eigenvalue weighted by Gasteiger charge is -2.16. The van der Waals surface area contributed by atoms with Crippen LogP contribution in [0.1, 0.15) is 22.3 Å². The summed E-state index contributed by atoms with van der Waals surface area (Å²) in [7, 11) is 3.31. The second-order valence-corrected chi connectivity index (χ2v) is 7.05.